The maximum absolute atomic E-state index is 5.66. The van der Waals surface area contributed by atoms with Crippen molar-refractivity contribution in [2.24, 2.45) is 0 Å². The van der Waals surface area contributed by atoms with Gasteiger partial charge in [0.1, 0.15) is 5.75 Å². The zero-order valence-corrected chi connectivity index (χ0v) is 11.4. The van der Waals surface area contributed by atoms with Gasteiger partial charge >= 0.3 is 0 Å². The van der Waals surface area contributed by atoms with Gasteiger partial charge in [0.2, 0.25) is 0 Å². The zero-order valence-electron chi connectivity index (χ0n) is 10.6. The van der Waals surface area contributed by atoms with Crippen molar-refractivity contribution < 1.29 is 4.74 Å². The summed E-state index contributed by atoms with van der Waals surface area (Å²) in [6.07, 6.45) is 0.891. The van der Waals surface area contributed by atoms with Crippen molar-refractivity contribution in [2.45, 2.75) is 39.5 Å². The number of ether oxygens (including phenoxy) is 1. The van der Waals surface area contributed by atoms with Gasteiger partial charge in [-0.3, -0.25) is 0 Å². The van der Waals surface area contributed by atoms with Crippen LogP contribution in [0.5, 0.6) is 5.75 Å². The molecule has 0 aliphatic heterocycles. The molecule has 1 aromatic carbocycles. The van der Waals surface area contributed by atoms with Gasteiger partial charge in [0.15, 0.2) is 0 Å². The lowest BCUT2D eigenvalue weighted by Crippen LogP contribution is -2.11. The minimum absolute atomic E-state index is 0.194. The predicted molar refractivity (Wildman–Crippen MR) is 70.7 cm³/mol. The van der Waals surface area contributed by atoms with Crippen molar-refractivity contribution in [2.75, 3.05) is 12.5 Å². The number of rotatable bonds is 4. The molecule has 90 valence electrons. The van der Waals surface area contributed by atoms with E-state index in [1.807, 2.05) is 0 Å². The summed E-state index contributed by atoms with van der Waals surface area (Å²) >= 11 is 5.61. The van der Waals surface area contributed by atoms with Crippen molar-refractivity contribution in [1.29, 1.82) is 0 Å². The molecule has 0 aromatic heterocycles. The number of halogens is 1. The topological polar surface area (TPSA) is 9.23 Å². The monoisotopic (exact) mass is 240 g/mol. The molecular weight excluding hydrogens is 220 g/mol. The molecule has 1 nitrogen and oxygen atoms in total. The second-order valence-electron chi connectivity index (χ2n) is 5.12. The Balaban J connectivity index is 2.76. The highest BCUT2D eigenvalue weighted by molar-refractivity contribution is 6.17. The van der Waals surface area contributed by atoms with Crippen LogP contribution >= 0.6 is 11.6 Å². The Morgan fingerprint density at radius 1 is 1.25 bits per heavy atom. The summed E-state index contributed by atoms with van der Waals surface area (Å²) in [4.78, 5) is 0. The Morgan fingerprint density at radius 2 is 1.94 bits per heavy atom. The first-order chi connectivity index (χ1) is 7.45. The number of hydrogen-bond donors (Lipinski definition) is 0. The van der Waals surface area contributed by atoms with Gasteiger partial charge in [0.05, 0.1) is 6.61 Å². The van der Waals surface area contributed by atoms with E-state index >= 15 is 0 Å². The third kappa shape index (κ3) is 3.71. The molecule has 0 heterocycles. The molecule has 16 heavy (non-hydrogen) atoms. The van der Waals surface area contributed by atoms with Crippen LogP contribution in [0.4, 0.5) is 0 Å². The quantitative estimate of drug-likeness (QED) is 0.563. The Labute approximate surface area is 104 Å². The molecule has 0 aliphatic carbocycles. The fourth-order valence-electron chi connectivity index (χ4n) is 1.51. The molecule has 1 aromatic rings. The highest BCUT2D eigenvalue weighted by Crippen LogP contribution is 2.27. The second-order valence-corrected chi connectivity index (χ2v) is 5.50. The largest absolute Gasteiger partial charge is 0.493 e. The van der Waals surface area contributed by atoms with Crippen molar-refractivity contribution in [3.8, 4) is 5.75 Å². The molecule has 0 N–H and O–H groups in total. The van der Waals surface area contributed by atoms with Crippen LogP contribution in [0.25, 0.3) is 0 Å². The van der Waals surface area contributed by atoms with Crippen LogP contribution in [0.1, 0.15) is 38.3 Å². The SMILES string of the molecule is Cc1cc(C(C)(C)C)ccc1OCCCCl. The van der Waals surface area contributed by atoms with Gasteiger partial charge in [0, 0.05) is 5.88 Å². The van der Waals surface area contributed by atoms with Gasteiger partial charge in [-0.25, -0.2) is 0 Å². The summed E-state index contributed by atoms with van der Waals surface area (Å²) in [5.74, 6) is 1.62. The number of aryl methyl sites for hydroxylation is 1. The van der Waals surface area contributed by atoms with E-state index in [9.17, 15) is 0 Å². The number of alkyl halides is 1. The molecule has 0 atom stereocenters. The molecule has 0 bridgehead atoms. The summed E-state index contributed by atoms with van der Waals surface area (Å²) in [5, 5.41) is 0. The molecule has 0 radical (unpaired) electrons. The minimum Gasteiger partial charge on any atom is -0.493 e. The standard InChI is InChI=1S/C14H21ClO/c1-11-10-12(14(2,3)4)6-7-13(11)16-9-5-8-15/h6-7,10H,5,8-9H2,1-4H3. The van der Waals surface area contributed by atoms with Crippen LogP contribution in [-0.2, 0) is 5.41 Å². The molecule has 0 amide bonds. The third-order valence-corrected chi connectivity index (χ3v) is 2.84. The van der Waals surface area contributed by atoms with E-state index in [-0.39, 0.29) is 5.41 Å². The lowest BCUT2D eigenvalue weighted by Gasteiger charge is -2.20. The van der Waals surface area contributed by atoms with Crippen LogP contribution in [-0.4, -0.2) is 12.5 Å². The second kappa shape index (κ2) is 5.58. The average Bonchev–Trinajstić information content (AvgIpc) is 2.19. The van der Waals surface area contributed by atoms with Gasteiger partial charge in [-0.15, -0.1) is 11.6 Å². The van der Waals surface area contributed by atoms with Crippen LogP contribution in [0, 0.1) is 6.92 Å². The molecule has 0 fully saturated rings. The van der Waals surface area contributed by atoms with Gasteiger partial charge in [-0.1, -0.05) is 32.9 Å². The van der Waals surface area contributed by atoms with E-state index in [2.05, 4.69) is 45.9 Å². The van der Waals surface area contributed by atoms with Crippen molar-refractivity contribution in [3.63, 3.8) is 0 Å². The smallest absolute Gasteiger partial charge is 0.122 e. The lowest BCUT2D eigenvalue weighted by atomic mass is 9.86. The summed E-state index contributed by atoms with van der Waals surface area (Å²) in [7, 11) is 0. The molecule has 2 heteroatoms. The van der Waals surface area contributed by atoms with Gasteiger partial charge < -0.3 is 4.74 Å². The highest BCUT2D eigenvalue weighted by Gasteiger charge is 2.14. The Hall–Kier alpha value is -0.690. The molecule has 0 saturated carbocycles. The first-order valence-electron chi connectivity index (χ1n) is 5.75. The summed E-state index contributed by atoms with van der Waals surface area (Å²) < 4.78 is 5.66. The van der Waals surface area contributed by atoms with Crippen LogP contribution in [0.2, 0.25) is 0 Å². The first-order valence-corrected chi connectivity index (χ1v) is 6.28. The third-order valence-electron chi connectivity index (χ3n) is 2.58. The highest BCUT2D eigenvalue weighted by atomic mass is 35.5. The maximum Gasteiger partial charge on any atom is 0.122 e. The van der Waals surface area contributed by atoms with Gasteiger partial charge in [0.25, 0.3) is 0 Å². The molecule has 1 rings (SSSR count). The zero-order chi connectivity index (χ0) is 12.2. The fourth-order valence-corrected chi connectivity index (χ4v) is 1.62. The Morgan fingerprint density at radius 3 is 2.44 bits per heavy atom. The summed E-state index contributed by atoms with van der Waals surface area (Å²) in [6, 6.07) is 6.41. The van der Waals surface area contributed by atoms with Crippen molar-refractivity contribution >= 4 is 11.6 Å². The van der Waals surface area contributed by atoms with E-state index in [4.69, 9.17) is 16.3 Å². The van der Waals surface area contributed by atoms with Crippen molar-refractivity contribution in [3.05, 3.63) is 29.3 Å². The van der Waals surface area contributed by atoms with Crippen LogP contribution in [0.15, 0.2) is 18.2 Å². The molecule has 0 aliphatic rings. The van der Waals surface area contributed by atoms with E-state index in [0.717, 1.165) is 12.2 Å². The molecule has 0 saturated heterocycles. The summed E-state index contributed by atoms with van der Waals surface area (Å²) in [5.41, 5.74) is 2.73. The number of hydrogen-bond acceptors (Lipinski definition) is 1. The lowest BCUT2D eigenvalue weighted by molar-refractivity contribution is 0.316. The van der Waals surface area contributed by atoms with E-state index in [1.165, 1.54) is 11.1 Å². The van der Waals surface area contributed by atoms with Crippen LogP contribution in [0.3, 0.4) is 0 Å². The molecule has 0 spiro atoms. The molecule has 0 unspecified atom stereocenters. The van der Waals surface area contributed by atoms with E-state index in [1.54, 1.807) is 0 Å². The summed E-state index contributed by atoms with van der Waals surface area (Å²) in [6.45, 7) is 9.44. The Bertz CT molecular complexity index is 339. The fraction of sp³-hybridized carbons (Fsp3) is 0.571. The normalized spacial score (nSPS) is 11.6. The van der Waals surface area contributed by atoms with Gasteiger partial charge in [-0.2, -0.15) is 0 Å². The molecular formula is C14H21ClO. The number of benzene rings is 1. The van der Waals surface area contributed by atoms with E-state index in [0.29, 0.717) is 12.5 Å². The van der Waals surface area contributed by atoms with Crippen LogP contribution < -0.4 is 4.74 Å². The van der Waals surface area contributed by atoms with Gasteiger partial charge in [-0.05, 0) is 36.0 Å². The first kappa shape index (κ1) is 13.4. The minimum atomic E-state index is 0.194. The van der Waals surface area contributed by atoms with Crippen molar-refractivity contribution in [1.82, 2.24) is 0 Å². The maximum atomic E-state index is 5.66. The predicted octanol–water partition coefficient (Wildman–Crippen LogP) is 4.30. The average molecular weight is 241 g/mol. The Kier molecular flexibility index (Phi) is 4.67. The van der Waals surface area contributed by atoms with E-state index < -0.39 is 0 Å².